The van der Waals surface area contributed by atoms with Crippen LogP contribution in [0.5, 0.6) is 0 Å². The minimum atomic E-state index is -0.362. The van der Waals surface area contributed by atoms with Gasteiger partial charge in [0.2, 0.25) is 5.91 Å². The molecule has 2 saturated heterocycles. The third-order valence-corrected chi connectivity index (χ3v) is 5.14. The second-order valence-corrected chi connectivity index (χ2v) is 6.89. The molecule has 3 fully saturated rings. The smallest absolute Gasteiger partial charge is 0.324 e. The molecule has 1 saturated carbocycles. The predicted octanol–water partition coefficient (Wildman–Crippen LogP) is 0.659. The van der Waals surface area contributed by atoms with Crippen LogP contribution in [0.15, 0.2) is 24.3 Å². The summed E-state index contributed by atoms with van der Waals surface area (Å²) in [5.74, 6) is -0.171. The molecule has 1 aliphatic carbocycles. The van der Waals surface area contributed by atoms with Crippen LogP contribution in [0.1, 0.15) is 28.8 Å². The van der Waals surface area contributed by atoms with Gasteiger partial charge in [-0.2, -0.15) is 0 Å². The van der Waals surface area contributed by atoms with E-state index < -0.39 is 0 Å². The highest BCUT2D eigenvalue weighted by Crippen LogP contribution is 2.27. The minimum absolute atomic E-state index is 0.0528. The van der Waals surface area contributed by atoms with Crippen molar-refractivity contribution >= 4 is 17.8 Å². The first-order valence-electron chi connectivity index (χ1n) is 8.82. The lowest BCUT2D eigenvalue weighted by Gasteiger charge is -2.34. The number of rotatable bonds is 4. The molecule has 0 unspecified atom stereocenters. The van der Waals surface area contributed by atoms with Crippen molar-refractivity contribution in [1.82, 2.24) is 20.0 Å². The number of hydrogen-bond donors (Lipinski definition) is 1. The number of carbonyl (C=O) groups excluding carboxylic acids is 3. The number of benzene rings is 1. The van der Waals surface area contributed by atoms with E-state index in [1.54, 1.807) is 12.1 Å². The van der Waals surface area contributed by atoms with E-state index in [9.17, 15) is 14.4 Å². The second kappa shape index (κ2) is 6.48. The maximum Gasteiger partial charge on any atom is 0.324 e. The molecule has 2 heterocycles. The largest absolute Gasteiger partial charge is 0.336 e. The molecule has 0 radical (unpaired) electrons. The summed E-state index contributed by atoms with van der Waals surface area (Å²) < 4.78 is 0. The van der Waals surface area contributed by atoms with E-state index in [1.807, 2.05) is 17.0 Å². The molecule has 0 bridgehead atoms. The van der Waals surface area contributed by atoms with E-state index in [0.717, 1.165) is 37.8 Å². The third-order valence-electron chi connectivity index (χ3n) is 5.14. The van der Waals surface area contributed by atoms with E-state index in [-0.39, 0.29) is 30.9 Å². The molecular formula is C18H22N4O3. The molecule has 7 nitrogen and oxygen atoms in total. The van der Waals surface area contributed by atoms with Crippen LogP contribution in [0, 0.1) is 0 Å². The number of piperazine rings is 1. The molecule has 0 spiro atoms. The Hall–Kier alpha value is -2.41. The lowest BCUT2D eigenvalue weighted by Crippen LogP contribution is -2.49. The molecular weight excluding hydrogens is 320 g/mol. The Morgan fingerprint density at radius 3 is 2.28 bits per heavy atom. The van der Waals surface area contributed by atoms with Gasteiger partial charge in [-0.15, -0.1) is 0 Å². The summed E-state index contributed by atoms with van der Waals surface area (Å²) in [6, 6.07) is 7.58. The monoisotopic (exact) mass is 342 g/mol. The summed E-state index contributed by atoms with van der Waals surface area (Å²) in [5, 5.41) is 2.50. The molecule has 25 heavy (non-hydrogen) atoms. The van der Waals surface area contributed by atoms with Gasteiger partial charge in [0.05, 0.1) is 13.1 Å². The summed E-state index contributed by atoms with van der Waals surface area (Å²) in [5.41, 5.74) is 1.49. The van der Waals surface area contributed by atoms with Crippen molar-refractivity contribution in [2.24, 2.45) is 0 Å². The summed E-state index contributed by atoms with van der Waals surface area (Å²) >= 11 is 0. The highest BCUT2D eigenvalue weighted by atomic mass is 16.2. The first-order valence-corrected chi connectivity index (χ1v) is 8.82. The molecule has 2 aliphatic heterocycles. The molecule has 0 aromatic heterocycles. The van der Waals surface area contributed by atoms with E-state index in [0.29, 0.717) is 5.56 Å². The van der Waals surface area contributed by atoms with Crippen molar-refractivity contribution < 1.29 is 14.4 Å². The van der Waals surface area contributed by atoms with Gasteiger partial charge < -0.3 is 10.2 Å². The number of urea groups is 1. The van der Waals surface area contributed by atoms with E-state index in [4.69, 9.17) is 0 Å². The van der Waals surface area contributed by atoms with Crippen LogP contribution in [0.4, 0.5) is 4.79 Å². The summed E-state index contributed by atoms with van der Waals surface area (Å²) in [6.45, 7) is 3.77. The molecule has 7 heteroatoms. The van der Waals surface area contributed by atoms with Crippen molar-refractivity contribution in [3.05, 3.63) is 35.4 Å². The fourth-order valence-electron chi connectivity index (χ4n) is 3.46. The molecule has 4 rings (SSSR count). The lowest BCUT2D eigenvalue weighted by atomic mass is 10.1. The Morgan fingerprint density at radius 2 is 1.72 bits per heavy atom. The summed E-state index contributed by atoms with van der Waals surface area (Å²) in [6.07, 6.45) is 2.60. The van der Waals surface area contributed by atoms with Gasteiger partial charge in [0.25, 0.3) is 5.91 Å². The van der Waals surface area contributed by atoms with Gasteiger partial charge in [-0.05, 0) is 30.5 Å². The molecule has 4 amide bonds. The normalized spacial score (nSPS) is 21.6. The van der Waals surface area contributed by atoms with Gasteiger partial charge >= 0.3 is 6.03 Å². The van der Waals surface area contributed by atoms with Gasteiger partial charge in [-0.1, -0.05) is 12.1 Å². The number of carbonyl (C=O) groups is 3. The average molecular weight is 342 g/mol. The maximum atomic E-state index is 12.6. The van der Waals surface area contributed by atoms with Gasteiger partial charge in [0.15, 0.2) is 0 Å². The zero-order chi connectivity index (χ0) is 17.4. The van der Waals surface area contributed by atoms with E-state index >= 15 is 0 Å². The predicted molar refractivity (Wildman–Crippen MR) is 90.9 cm³/mol. The fraction of sp³-hybridized carbons (Fsp3) is 0.500. The quantitative estimate of drug-likeness (QED) is 0.816. The first-order chi connectivity index (χ1) is 12.1. The van der Waals surface area contributed by atoms with Crippen LogP contribution in [-0.2, 0) is 11.3 Å². The molecule has 0 atom stereocenters. The zero-order valence-electron chi connectivity index (χ0n) is 14.1. The maximum absolute atomic E-state index is 12.6. The average Bonchev–Trinajstić information content (AvgIpc) is 3.44. The van der Waals surface area contributed by atoms with Crippen LogP contribution < -0.4 is 5.32 Å². The summed E-state index contributed by atoms with van der Waals surface area (Å²) in [7, 11) is 0. The third kappa shape index (κ3) is 3.37. The molecule has 1 N–H and O–H groups in total. The Labute approximate surface area is 146 Å². The number of amides is 4. The van der Waals surface area contributed by atoms with Crippen LogP contribution in [0.25, 0.3) is 0 Å². The highest BCUT2D eigenvalue weighted by Gasteiger charge is 2.32. The minimum Gasteiger partial charge on any atom is -0.336 e. The Bertz CT molecular complexity index is 675. The van der Waals surface area contributed by atoms with Crippen molar-refractivity contribution in [2.45, 2.75) is 25.4 Å². The Kier molecular flexibility index (Phi) is 4.17. The van der Waals surface area contributed by atoms with Crippen LogP contribution in [0.2, 0.25) is 0 Å². The van der Waals surface area contributed by atoms with Gasteiger partial charge in [-0.3, -0.25) is 19.4 Å². The van der Waals surface area contributed by atoms with Crippen molar-refractivity contribution in [3.8, 4) is 0 Å². The standard InChI is InChI=1S/C18H22N4O3/c23-16-11-19-18(25)22(16)12-13-1-3-14(4-2-13)17(24)21-9-7-20(8-10-21)15-5-6-15/h1-4,15H,5-12H2,(H,19,25). The highest BCUT2D eigenvalue weighted by molar-refractivity contribution is 6.01. The number of nitrogens with zero attached hydrogens (tertiary/aromatic N) is 3. The van der Waals surface area contributed by atoms with Gasteiger partial charge in [0, 0.05) is 37.8 Å². The summed E-state index contributed by atoms with van der Waals surface area (Å²) in [4.78, 5) is 41.4. The van der Waals surface area contributed by atoms with Gasteiger partial charge in [0.1, 0.15) is 0 Å². The molecule has 132 valence electrons. The van der Waals surface area contributed by atoms with E-state index in [2.05, 4.69) is 10.2 Å². The van der Waals surface area contributed by atoms with Crippen molar-refractivity contribution in [1.29, 1.82) is 0 Å². The number of nitrogens with one attached hydrogen (secondary N) is 1. The number of imide groups is 1. The lowest BCUT2D eigenvalue weighted by molar-refractivity contribution is -0.125. The number of hydrogen-bond acceptors (Lipinski definition) is 4. The van der Waals surface area contributed by atoms with Crippen LogP contribution >= 0.6 is 0 Å². The fourth-order valence-corrected chi connectivity index (χ4v) is 3.46. The molecule has 3 aliphatic rings. The topological polar surface area (TPSA) is 73.0 Å². The zero-order valence-corrected chi connectivity index (χ0v) is 14.1. The van der Waals surface area contributed by atoms with Crippen molar-refractivity contribution in [3.63, 3.8) is 0 Å². The van der Waals surface area contributed by atoms with Gasteiger partial charge in [-0.25, -0.2) is 4.79 Å². The molecule has 1 aromatic carbocycles. The second-order valence-electron chi connectivity index (χ2n) is 6.89. The molecule has 1 aromatic rings. The van der Waals surface area contributed by atoms with Crippen LogP contribution in [-0.4, -0.2) is 71.3 Å². The SMILES string of the molecule is O=C(c1ccc(CN2C(=O)CNC2=O)cc1)N1CCN(C2CC2)CC1. The van der Waals surface area contributed by atoms with Crippen LogP contribution in [0.3, 0.4) is 0 Å². The Morgan fingerprint density at radius 1 is 1.04 bits per heavy atom. The Balaban J connectivity index is 1.35. The van der Waals surface area contributed by atoms with Crippen molar-refractivity contribution in [2.75, 3.05) is 32.7 Å². The van der Waals surface area contributed by atoms with E-state index in [1.165, 1.54) is 17.7 Å². The first kappa shape index (κ1) is 16.1.